The highest BCUT2D eigenvalue weighted by Crippen LogP contribution is 2.18. The zero-order chi connectivity index (χ0) is 19.9. The SMILES string of the molecule is CC(=O)Nc1cccc(NC(=O)c2ccnc(N(C)Cc3ccccc3)c2)c1. The van der Waals surface area contributed by atoms with Gasteiger partial charge in [-0.25, -0.2) is 4.98 Å². The van der Waals surface area contributed by atoms with Gasteiger partial charge in [0.2, 0.25) is 5.91 Å². The van der Waals surface area contributed by atoms with Crippen LogP contribution in [0, 0.1) is 0 Å². The number of benzene rings is 2. The molecule has 0 unspecified atom stereocenters. The molecule has 0 spiro atoms. The molecule has 6 heteroatoms. The number of carbonyl (C=O) groups is 2. The quantitative estimate of drug-likeness (QED) is 0.686. The van der Waals surface area contributed by atoms with Crippen LogP contribution in [-0.4, -0.2) is 23.8 Å². The molecule has 0 aliphatic heterocycles. The van der Waals surface area contributed by atoms with Gasteiger partial charge in [0.25, 0.3) is 5.91 Å². The maximum atomic E-state index is 12.6. The first-order valence-electron chi connectivity index (χ1n) is 8.91. The number of pyridine rings is 1. The molecular weight excluding hydrogens is 352 g/mol. The fraction of sp³-hybridized carbons (Fsp3) is 0.136. The average molecular weight is 374 g/mol. The van der Waals surface area contributed by atoms with E-state index in [1.165, 1.54) is 6.92 Å². The largest absolute Gasteiger partial charge is 0.355 e. The zero-order valence-corrected chi connectivity index (χ0v) is 15.8. The normalized spacial score (nSPS) is 10.2. The predicted molar refractivity (Wildman–Crippen MR) is 111 cm³/mol. The van der Waals surface area contributed by atoms with Gasteiger partial charge >= 0.3 is 0 Å². The number of carbonyl (C=O) groups excluding carboxylic acids is 2. The Kier molecular flexibility index (Phi) is 6.01. The van der Waals surface area contributed by atoms with Crippen LogP contribution in [0.2, 0.25) is 0 Å². The van der Waals surface area contributed by atoms with Crippen molar-refractivity contribution in [2.45, 2.75) is 13.5 Å². The van der Waals surface area contributed by atoms with Crippen LogP contribution in [-0.2, 0) is 11.3 Å². The van der Waals surface area contributed by atoms with Crippen LogP contribution in [0.1, 0.15) is 22.8 Å². The number of nitrogens with zero attached hydrogens (tertiary/aromatic N) is 2. The molecule has 2 amide bonds. The molecule has 3 aromatic rings. The van der Waals surface area contributed by atoms with Crippen LogP contribution in [0.5, 0.6) is 0 Å². The van der Waals surface area contributed by atoms with E-state index in [2.05, 4.69) is 27.8 Å². The molecule has 1 heterocycles. The van der Waals surface area contributed by atoms with E-state index in [1.807, 2.05) is 30.1 Å². The van der Waals surface area contributed by atoms with Gasteiger partial charge in [0.05, 0.1) is 0 Å². The highest BCUT2D eigenvalue weighted by atomic mass is 16.2. The summed E-state index contributed by atoms with van der Waals surface area (Å²) in [5.41, 5.74) is 2.90. The Hall–Kier alpha value is -3.67. The summed E-state index contributed by atoms with van der Waals surface area (Å²) in [4.78, 5) is 30.2. The van der Waals surface area contributed by atoms with E-state index >= 15 is 0 Å². The van der Waals surface area contributed by atoms with E-state index in [0.717, 1.165) is 5.56 Å². The van der Waals surface area contributed by atoms with Crippen LogP contribution in [0.15, 0.2) is 72.9 Å². The molecule has 3 rings (SSSR count). The summed E-state index contributed by atoms with van der Waals surface area (Å²) >= 11 is 0. The third-order valence-corrected chi connectivity index (χ3v) is 4.10. The highest BCUT2D eigenvalue weighted by Gasteiger charge is 2.10. The van der Waals surface area contributed by atoms with Crippen molar-refractivity contribution < 1.29 is 9.59 Å². The molecule has 28 heavy (non-hydrogen) atoms. The lowest BCUT2D eigenvalue weighted by Crippen LogP contribution is -2.19. The summed E-state index contributed by atoms with van der Waals surface area (Å²) in [7, 11) is 1.94. The van der Waals surface area contributed by atoms with Gasteiger partial charge < -0.3 is 15.5 Å². The molecule has 2 aromatic carbocycles. The number of hydrogen-bond acceptors (Lipinski definition) is 4. The van der Waals surface area contributed by atoms with Crippen LogP contribution < -0.4 is 15.5 Å². The van der Waals surface area contributed by atoms with E-state index in [0.29, 0.717) is 29.3 Å². The number of aromatic nitrogens is 1. The number of nitrogens with one attached hydrogen (secondary N) is 2. The summed E-state index contributed by atoms with van der Waals surface area (Å²) in [5.74, 6) is 0.309. The summed E-state index contributed by atoms with van der Waals surface area (Å²) < 4.78 is 0. The van der Waals surface area contributed by atoms with Crippen molar-refractivity contribution in [3.05, 3.63) is 84.1 Å². The first-order valence-corrected chi connectivity index (χ1v) is 8.91. The fourth-order valence-electron chi connectivity index (χ4n) is 2.79. The Morgan fingerprint density at radius 2 is 1.64 bits per heavy atom. The monoisotopic (exact) mass is 374 g/mol. The van der Waals surface area contributed by atoms with Crippen LogP contribution in [0.4, 0.5) is 17.2 Å². The lowest BCUT2D eigenvalue weighted by molar-refractivity contribution is -0.114. The van der Waals surface area contributed by atoms with Crippen LogP contribution >= 0.6 is 0 Å². The second kappa shape index (κ2) is 8.81. The van der Waals surface area contributed by atoms with Crippen molar-refractivity contribution in [2.75, 3.05) is 22.6 Å². The lowest BCUT2D eigenvalue weighted by atomic mass is 10.2. The third kappa shape index (κ3) is 5.17. The van der Waals surface area contributed by atoms with Gasteiger partial charge in [0.1, 0.15) is 5.82 Å². The standard InChI is InChI=1S/C22H22N4O2/c1-16(27)24-19-9-6-10-20(14-19)25-22(28)18-11-12-23-21(13-18)26(2)15-17-7-4-3-5-8-17/h3-14H,15H2,1-2H3,(H,24,27)(H,25,28). The van der Waals surface area contributed by atoms with Crippen molar-refractivity contribution in [3.63, 3.8) is 0 Å². The van der Waals surface area contributed by atoms with E-state index < -0.39 is 0 Å². The average Bonchev–Trinajstić information content (AvgIpc) is 2.68. The Labute approximate surface area is 164 Å². The van der Waals surface area contributed by atoms with Crippen molar-refractivity contribution in [1.82, 2.24) is 4.98 Å². The first-order chi connectivity index (χ1) is 13.5. The Balaban J connectivity index is 1.71. The minimum Gasteiger partial charge on any atom is -0.355 e. The fourth-order valence-corrected chi connectivity index (χ4v) is 2.79. The first kappa shape index (κ1) is 19.1. The predicted octanol–water partition coefficient (Wildman–Crippen LogP) is 3.93. The van der Waals surface area contributed by atoms with Crippen molar-refractivity contribution >= 4 is 29.0 Å². The van der Waals surface area contributed by atoms with E-state index in [-0.39, 0.29) is 11.8 Å². The molecule has 0 bridgehead atoms. The Bertz CT molecular complexity index is 973. The molecule has 0 atom stereocenters. The van der Waals surface area contributed by atoms with E-state index in [1.54, 1.807) is 42.6 Å². The second-order valence-corrected chi connectivity index (χ2v) is 6.46. The van der Waals surface area contributed by atoms with Crippen molar-refractivity contribution in [3.8, 4) is 0 Å². The minimum atomic E-state index is -0.239. The summed E-state index contributed by atoms with van der Waals surface area (Å²) in [6.45, 7) is 2.13. The number of rotatable bonds is 6. The molecule has 0 saturated carbocycles. The van der Waals surface area contributed by atoms with Crippen LogP contribution in [0.3, 0.4) is 0 Å². The summed E-state index contributed by atoms with van der Waals surface area (Å²) in [6, 6.07) is 20.5. The summed E-state index contributed by atoms with van der Waals surface area (Å²) in [5, 5.41) is 5.55. The Morgan fingerprint density at radius 3 is 2.36 bits per heavy atom. The van der Waals surface area contributed by atoms with E-state index in [9.17, 15) is 9.59 Å². The maximum absolute atomic E-state index is 12.6. The maximum Gasteiger partial charge on any atom is 0.255 e. The van der Waals surface area contributed by atoms with Gasteiger partial charge in [-0.1, -0.05) is 36.4 Å². The molecule has 0 aliphatic carbocycles. The molecule has 0 fully saturated rings. The molecule has 0 saturated heterocycles. The topological polar surface area (TPSA) is 74.3 Å². The summed E-state index contributed by atoms with van der Waals surface area (Å²) in [6.07, 6.45) is 1.62. The smallest absolute Gasteiger partial charge is 0.255 e. The highest BCUT2D eigenvalue weighted by molar-refractivity contribution is 6.05. The van der Waals surface area contributed by atoms with Gasteiger partial charge in [-0.05, 0) is 35.9 Å². The molecule has 142 valence electrons. The lowest BCUT2D eigenvalue weighted by Gasteiger charge is -2.18. The van der Waals surface area contributed by atoms with E-state index in [4.69, 9.17) is 0 Å². The number of anilines is 3. The van der Waals surface area contributed by atoms with Crippen molar-refractivity contribution in [1.29, 1.82) is 0 Å². The molecule has 2 N–H and O–H groups in total. The second-order valence-electron chi connectivity index (χ2n) is 6.46. The molecule has 0 aliphatic rings. The molecule has 0 radical (unpaired) electrons. The Morgan fingerprint density at radius 1 is 0.929 bits per heavy atom. The van der Waals surface area contributed by atoms with Gasteiger partial charge in [0.15, 0.2) is 0 Å². The molecule has 6 nitrogen and oxygen atoms in total. The van der Waals surface area contributed by atoms with Gasteiger partial charge in [-0.3, -0.25) is 9.59 Å². The third-order valence-electron chi connectivity index (χ3n) is 4.10. The van der Waals surface area contributed by atoms with Crippen LogP contribution in [0.25, 0.3) is 0 Å². The number of hydrogen-bond donors (Lipinski definition) is 2. The molecular formula is C22H22N4O2. The van der Waals surface area contributed by atoms with Gasteiger partial charge in [-0.15, -0.1) is 0 Å². The van der Waals surface area contributed by atoms with Crippen molar-refractivity contribution in [2.24, 2.45) is 0 Å². The number of amides is 2. The zero-order valence-electron chi connectivity index (χ0n) is 15.8. The minimum absolute atomic E-state index is 0.163. The van der Waals surface area contributed by atoms with Gasteiger partial charge in [-0.2, -0.15) is 0 Å². The van der Waals surface area contributed by atoms with Gasteiger partial charge in [0, 0.05) is 43.7 Å². The molecule has 1 aromatic heterocycles.